The van der Waals surface area contributed by atoms with Crippen LogP contribution in [-0.2, 0) is 9.59 Å². The van der Waals surface area contributed by atoms with E-state index in [0.717, 1.165) is 11.1 Å². The van der Waals surface area contributed by atoms with Crippen molar-refractivity contribution in [1.82, 2.24) is 4.90 Å². The first-order chi connectivity index (χ1) is 12.9. The fraction of sp³-hybridized carbons (Fsp3) is 0.333. The number of piperidine rings is 1. The fourth-order valence-corrected chi connectivity index (χ4v) is 4.24. The topological polar surface area (TPSA) is 57.6 Å². The predicted molar refractivity (Wildman–Crippen MR) is 106 cm³/mol. The van der Waals surface area contributed by atoms with Gasteiger partial charge in [-0.2, -0.15) is 0 Å². The molecule has 0 radical (unpaired) electrons. The summed E-state index contributed by atoms with van der Waals surface area (Å²) in [5.41, 5.74) is 1.87. The molecule has 0 bridgehead atoms. The number of carbonyl (C=O) groups is 2. The lowest BCUT2D eigenvalue weighted by Crippen LogP contribution is -2.50. The van der Waals surface area contributed by atoms with E-state index < -0.39 is 12.0 Å². The van der Waals surface area contributed by atoms with E-state index in [9.17, 15) is 14.7 Å². The van der Waals surface area contributed by atoms with Crippen LogP contribution in [0.3, 0.4) is 0 Å². The van der Waals surface area contributed by atoms with Crippen molar-refractivity contribution in [2.45, 2.75) is 44.2 Å². The summed E-state index contributed by atoms with van der Waals surface area (Å²) in [5.74, 6) is -1.17. The van der Waals surface area contributed by atoms with E-state index >= 15 is 0 Å². The highest BCUT2D eigenvalue weighted by molar-refractivity contribution is 6.30. The van der Waals surface area contributed by atoms with Crippen molar-refractivity contribution in [3.8, 4) is 0 Å². The molecule has 0 aromatic heterocycles. The van der Waals surface area contributed by atoms with Gasteiger partial charge in [-0.1, -0.05) is 54.4 Å². The van der Waals surface area contributed by atoms with Crippen LogP contribution in [0, 0.1) is 0 Å². The van der Waals surface area contributed by atoms with Crippen LogP contribution in [0.15, 0.2) is 48.5 Å². The van der Waals surface area contributed by atoms with Crippen LogP contribution in [0.4, 0.5) is 0 Å². The van der Waals surface area contributed by atoms with Crippen LogP contribution in [0.5, 0.6) is 0 Å². The Labute approximate surface area is 168 Å². The Morgan fingerprint density at radius 1 is 1.15 bits per heavy atom. The molecule has 1 unspecified atom stereocenters. The number of carboxylic acids is 1. The number of rotatable bonds is 5. The maximum atomic E-state index is 12.8. The van der Waals surface area contributed by atoms with Gasteiger partial charge in [-0.25, -0.2) is 4.79 Å². The lowest BCUT2D eigenvalue weighted by atomic mass is 9.79. The van der Waals surface area contributed by atoms with Crippen molar-refractivity contribution in [3.63, 3.8) is 0 Å². The van der Waals surface area contributed by atoms with Gasteiger partial charge < -0.3 is 10.0 Å². The third-order valence-electron chi connectivity index (χ3n) is 5.13. The Hall–Kier alpha value is -2.04. The first-order valence-corrected chi connectivity index (χ1v) is 9.73. The molecular formula is C21H21Cl2NO3. The molecule has 1 N–H and O–H groups in total. The second-order valence-corrected chi connectivity index (χ2v) is 7.63. The number of hydrogen-bond acceptors (Lipinski definition) is 2. The molecule has 27 heavy (non-hydrogen) atoms. The molecule has 1 aliphatic heterocycles. The van der Waals surface area contributed by atoms with Gasteiger partial charge in [0.05, 0.1) is 6.04 Å². The number of amides is 1. The first kappa shape index (κ1) is 19.7. The molecule has 1 saturated heterocycles. The quantitative estimate of drug-likeness (QED) is 0.733. The highest BCUT2D eigenvalue weighted by Gasteiger charge is 2.42. The highest BCUT2D eigenvalue weighted by atomic mass is 35.5. The molecule has 6 heteroatoms. The molecule has 0 spiro atoms. The summed E-state index contributed by atoms with van der Waals surface area (Å²) in [6.45, 7) is 1.79. The SMILES string of the molecule is CCC(C(=O)O)N1C(=O)CC[C@H](c2cccc(Cl)c2)[C@@H]1c1ccc(Cl)cc1. The number of carbonyl (C=O) groups excluding carboxylic acids is 1. The Balaban J connectivity index is 2.13. The summed E-state index contributed by atoms with van der Waals surface area (Å²) >= 11 is 12.2. The van der Waals surface area contributed by atoms with Crippen molar-refractivity contribution in [2.75, 3.05) is 0 Å². The first-order valence-electron chi connectivity index (χ1n) is 8.97. The number of hydrogen-bond donors (Lipinski definition) is 1. The Morgan fingerprint density at radius 2 is 1.85 bits per heavy atom. The zero-order chi connectivity index (χ0) is 19.6. The van der Waals surface area contributed by atoms with Crippen LogP contribution in [0.25, 0.3) is 0 Å². The lowest BCUT2D eigenvalue weighted by molar-refractivity contribution is -0.155. The summed E-state index contributed by atoms with van der Waals surface area (Å²) in [7, 11) is 0. The molecule has 3 rings (SSSR count). The van der Waals surface area contributed by atoms with Crippen LogP contribution in [-0.4, -0.2) is 27.9 Å². The average Bonchev–Trinajstić information content (AvgIpc) is 2.64. The number of benzene rings is 2. The fourth-order valence-electron chi connectivity index (χ4n) is 3.91. The second kappa shape index (κ2) is 8.32. The Bertz CT molecular complexity index is 838. The van der Waals surface area contributed by atoms with E-state index in [0.29, 0.717) is 29.3 Å². The number of carboxylic acid groups (broad SMARTS) is 1. The minimum atomic E-state index is -0.989. The van der Waals surface area contributed by atoms with Gasteiger partial charge in [0.1, 0.15) is 6.04 Å². The number of aliphatic carboxylic acids is 1. The van der Waals surface area contributed by atoms with Gasteiger partial charge in [0, 0.05) is 22.4 Å². The molecule has 1 heterocycles. The van der Waals surface area contributed by atoms with E-state index in [-0.39, 0.29) is 17.9 Å². The Morgan fingerprint density at radius 3 is 2.44 bits per heavy atom. The van der Waals surface area contributed by atoms with Crippen molar-refractivity contribution >= 4 is 35.1 Å². The van der Waals surface area contributed by atoms with Gasteiger partial charge in [-0.3, -0.25) is 4.79 Å². The summed E-state index contributed by atoms with van der Waals surface area (Å²) in [6, 6.07) is 13.6. The Kier molecular flexibility index (Phi) is 6.08. The van der Waals surface area contributed by atoms with Gasteiger partial charge in [0.2, 0.25) is 5.91 Å². The highest BCUT2D eigenvalue weighted by Crippen LogP contribution is 2.45. The molecule has 0 aliphatic carbocycles. The minimum Gasteiger partial charge on any atom is -0.480 e. The van der Waals surface area contributed by atoms with E-state index in [1.807, 2.05) is 30.3 Å². The molecule has 142 valence electrons. The molecule has 1 fully saturated rings. The normalized spacial score (nSPS) is 21.1. The average molecular weight is 406 g/mol. The second-order valence-electron chi connectivity index (χ2n) is 6.76. The van der Waals surface area contributed by atoms with Crippen molar-refractivity contribution in [3.05, 3.63) is 69.7 Å². The van der Waals surface area contributed by atoms with Crippen molar-refractivity contribution in [1.29, 1.82) is 0 Å². The van der Waals surface area contributed by atoms with Crippen LogP contribution < -0.4 is 0 Å². The number of nitrogens with zero attached hydrogens (tertiary/aromatic N) is 1. The summed E-state index contributed by atoms with van der Waals surface area (Å²) in [6.07, 6.45) is 1.29. The number of halogens is 2. The van der Waals surface area contributed by atoms with Crippen molar-refractivity contribution in [2.24, 2.45) is 0 Å². The number of likely N-dealkylation sites (tertiary alicyclic amines) is 1. The standard InChI is InChI=1S/C21H21Cl2NO3/c1-2-18(21(26)27)24-19(25)11-10-17(14-4-3-5-16(23)12-14)20(24)13-6-8-15(22)9-7-13/h3-9,12,17-18,20H,2,10-11H2,1H3,(H,26,27)/t17-,18?,20+/m1/s1. The van der Waals surface area contributed by atoms with Crippen molar-refractivity contribution < 1.29 is 14.7 Å². The van der Waals surface area contributed by atoms with Gasteiger partial charge >= 0.3 is 5.97 Å². The van der Waals surface area contributed by atoms with E-state index in [1.54, 1.807) is 30.0 Å². The van der Waals surface area contributed by atoms with E-state index in [2.05, 4.69) is 0 Å². The molecule has 1 amide bonds. The summed E-state index contributed by atoms with van der Waals surface area (Å²) in [4.78, 5) is 26.2. The largest absolute Gasteiger partial charge is 0.480 e. The summed E-state index contributed by atoms with van der Waals surface area (Å²) < 4.78 is 0. The third-order valence-corrected chi connectivity index (χ3v) is 5.62. The zero-order valence-corrected chi connectivity index (χ0v) is 16.5. The predicted octanol–water partition coefficient (Wildman–Crippen LogP) is 5.30. The van der Waals surface area contributed by atoms with E-state index in [1.165, 1.54) is 0 Å². The smallest absolute Gasteiger partial charge is 0.326 e. The maximum absolute atomic E-state index is 12.8. The zero-order valence-electron chi connectivity index (χ0n) is 14.9. The van der Waals surface area contributed by atoms with Gasteiger partial charge in [-0.15, -0.1) is 0 Å². The van der Waals surface area contributed by atoms with Gasteiger partial charge in [0.25, 0.3) is 0 Å². The molecule has 4 nitrogen and oxygen atoms in total. The molecule has 2 aromatic carbocycles. The van der Waals surface area contributed by atoms with Crippen LogP contribution in [0.1, 0.15) is 49.3 Å². The minimum absolute atomic E-state index is 0.0454. The van der Waals surface area contributed by atoms with Crippen LogP contribution >= 0.6 is 23.2 Å². The third kappa shape index (κ3) is 4.12. The van der Waals surface area contributed by atoms with E-state index in [4.69, 9.17) is 23.2 Å². The maximum Gasteiger partial charge on any atom is 0.326 e. The molecule has 3 atom stereocenters. The van der Waals surface area contributed by atoms with Crippen LogP contribution in [0.2, 0.25) is 10.0 Å². The van der Waals surface area contributed by atoms with Gasteiger partial charge in [0.15, 0.2) is 0 Å². The van der Waals surface area contributed by atoms with Gasteiger partial charge in [-0.05, 0) is 48.2 Å². The monoisotopic (exact) mass is 405 g/mol. The molecular weight excluding hydrogens is 385 g/mol. The molecule has 1 aliphatic rings. The molecule has 0 saturated carbocycles. The molecule has 2 aromatic rings. The summed E-state index contributed by atoms with van der Waals surface area (Å²) in [5, 5.41) is 10.9. The lowest BCUT2D eigenvalue weighted by Gasteiger charge is -2.44.